The first-order valence-electron chi connectivity index (χ1n) is 5.10. The second-order valence-electron chi connectivity index (χ2n) is 4.06. The Bertz CT molecular complexity index is 224. The molecule has 1 rings (SSSR count). The van der Waals surface area contributed by atoms with Crippen LogP contribution >= 0.6 is 0 Å². The van der Waals surface area contributed by atoms with Gasteiger partial charge in [0.05, 0.1) is 0 Å². The average Bonchev–Trinajstić information content (AvgIpc) is 2.14. The molecule has 1 atom stereocenters. The third kappa shape index (κ3) is 3.68. The molecule has 0 bridgehead atoms. The molecule has 0 radical (unpaired) electrons. The minimum absolute atomic E-state index is 0.470. The molecule has 0 spiro atoms. The molecule has 0 saturated heterocycles. The summed E-state index contributed by atoms with van der Waals surface area (Å²) in [7, 11) is 0. The first kappa shape index (κ1) is 12.3. The number of hydrogen-bond donors (Lipinski definition) is 0. The van der Waals surface area contributed by atoms with Crippen molar-refractivity contribution in [1.29, 1.82) is 0 Å². The Morgan fingerprint density at radius 2 is 1.80 bits per heavy atom. The van der Waals surface area contributed by atoms with Crippen LogP contribution < -0.4 is 0 Å². The van der Waals surface area contributed by atoms with E-state index in [2.05, 4.69) is 0 Å². The number of hydrogen-bond acceptors (Lipinski definition) is 2. The highest BCUT2D eigenvalue weighted by atomic mass is 19.4. The Labute approximate surface area is 85.8 Å². The molecular weight excluding hydrogens is 211 g/mol. The van der Waals surface area contributed by atoms with Gasteiger partial charge in [0.2, 0.25) is 6.54 Å². The van der Waals surface area contributed by atoms with Crippen LogP contribution in [0.5, 0.6) is 0 Å². The molecule has 1 aliphatic carbocycles. The van der Waals surface area contributed by atoms with Gasteiger partial charge in [-0.3, -0.25) is 10.1 Å². The van der Waals surface area contributed by atoms with Crippen molar-refractivity contribution in [3.63, 3.8) is 0 Å². The molecule has 0 aromatic carbocycles. The molecule has 0 amide bonds. The summed E-state index contributed by atoms with van der Waals surface area (Å²) in [5, 5.41) is 10.2. The van der Waals surface area contributed by atoms with Crippen LogP contribution in [0, 0.1) is 22.0 Å². The van der Waals surface area contributed by atoms with Crippen molar-refractivity contribution in [2.75, 3.05) is 6.54 Å². The number of rotatable bonds is 3. The fourth-order valence-corrected chi connectivity index (χ4v) is 2.22. The number of nitrogens with zero attached hydrogens (tertiary/aromatic N) is 1. The SMILES string of the molecule is O=[N+]([O-])C[C@@H](C1CCCCC1)C(F)(F)F. The predicted octanol–water partition coefficient (Wildman–Crippen LogP) is 3.02. The minimum atomic E-state index is -4.44. The van der Waals surface area contributed by atoms with Crippen LogP contribution in [0.1, 0.15) is 32.1 Å². The lowest BCUT2D eigenvalue weighted by atomic mass is 9.79. The Kier molecular flexibility index (Phi) is 3.93. The molecule has 15 heavy (non-hydrogen) atoms. The van der Waals surface area contributed by atoms with Gasteiger partial charge in [0, 0.05) is 4.92 Å². The lowest BCUT2D eigenvalue weighted by molar-refractivity contribution is -0.500. The summed E-state index contributed by atoms with van der Waals surface area (Å²) in [6.45, 7) is -0.978. The summed E-state index contributed by atoms with van der Waals surface area (Å²) in [5.74, 6) is -2.31. The van der Waals surface area contributed by atoms with Crippen LogP contribution in [-0.4, -0.2) is 17.6 Å². The van der Waals surface area contributed by atoms with E-state index in [1.54, 1.807) is 0 Å². The van der Waals surface area contributed by atoms with Gasteiger partial charge in [0.15, 0.2) is 0 Å². The van der Waals surface area contributed by atoms with Crippen LogP contribution in [0.25, 0.3) is 0 Å². The maximum Gasteiger partial charge on any atom is 0.398 e. The zero-order chi connectivity index (χ0) is 11.5. The fraction of sp³-hybridized carbons (Fsp3) is 1.00. The van der Waals surface area contributed by atoms with Crippen molar-refractivity contribution < 1.29 is 18.1 Å². The average molecular weight is 225 g/mol. The topological polar surface area (TPSA) is 43.1 Å². The standard InChI is InChI=1S/C9H14F3NO2/c10-9(11,12)8(6-13(14)15)7-4-2-1-3-5-7/h7-8H,1-6H2/t8-/m0/s1. The van der Waals surface area contributed by atoms with Crippen LogP contribution in [-0.2, 0) is 0 Å². The normalized spacial score (nSPS) is 21.3. The van der Waals surface area contributed by atoms with E-state index in [0.29, 0.717) is 12.8 Å². The molecule has 0 unspecified atom stereocenters. The Morgan fingerprint density at radius 3 is 2.20 bits per heavy atom. The molecule has 1 saturated carbocycles. The maximum absolute atomic E-state index is 12.6. The van der Waals surface area contributed by atoms with Gasteiger partial charge in [-0.15, -0.1) is 0 Å². The van der Waals surface area contributed by atoms with Gasteiger partial charge in [-0.05, 0) is 18.8 Å². The summed E-state index contributed by atoms with van der Waals surface area (Å²) in [4.78, 5) is 9.35. The van der Waals surface area contributed by atoms with Gasteiger partial charge in [-0.2, -0.15) is 13.2 Å². The van der Waals surface area contributed by atoms with E-state index in [4.69, 9.17) is 0 Å². The van der Waals surface area contributed by atoms with Gasteiger partial charge < -0.3 is 0 Å². The second kappa shape index (κ2) is 4.81. The van der Waals surface area contributed by atoms with Crippen molar-refractivity contribution in [3.8, 4) is 0 Å². The highest BCUT2D eigenvalue weighted by molar-refractivity contribution is 4.78. The lowest BCUT2D eigenvalue weighted by Gasteiger charge is -2.29. The Morgan fingerprint density at radius 1 is 1.27 bits per heavy atom. The molecule has 1 fully saturated rings. The monoisotopic (exact) mass is 225 g/mol. The minimum Gasteiger partial charge on any atom is -0.265 e. The highest BCUT2D eigenvalue weighted by Crippen LogP contribution is 2.39. The van der Waals surface area contributed by atoms with E-state index in [9.17, 15) is 23.3 Å². The third-order valence-corrected chi connectivity index (χ3v) is 2.99. The van der Waals surface area contributed by atoms with Crippen LogP contribution in [0.3, 0.4) is 0 Å². The smallest absolute Gasteiger partial charge is 0.265 e. The van der Waals surface area contributed by atoms with Gasteiger partial charge in [-0.25, -0.2) is 0 Å². The van der Waals surface area contributed by atoms with E-state index >= 15 is 0 Å². The summed E-state index contributed by atoms with van der Waals surface area (Å²) in [6.07, 6.45) is -1.03. The van der Waals surface area contributed by atoms with Gasteiger partial charge >= 0.3 is 6.18 Å². The van der Waals surface area contributed by atoms with Crippen LogP contribution in [0.4, 0.5) is 13.2 Å². The zero-order valence-electron chi connectivity index (χ0n) is 8.29. The highest BCUT2D eigenvalue weighted by Gasteiger charge is 2.47. The molecule has 0 N–H and O–H groups in total. The number of alkyl halides is 3. The fourth-order valence-electron chi connectivity index (χ4n) is 2.22. The summed E-state index contributed by atoms with van der Waals surface area (Å²) in [6, 6.07) is 0. The van der Waals surface area contributed by atoms with Crippen molar-refractivity contribution >= 4 is 0 Å². The summed E-state index contributed by atoms with van der Waals surface area (Å²) < 4.78 is 37.7. The van der Waals surface area contributed by atoms with Gasteiger partial charge in [0.1, 0.15) is 5.92 Å². The molecule has 88 valence electrons. The molecule has 6 heteroatoms. The van der Waals surface area contributed by atoms with E-state index in [1.807, 2.05) is 0 Å². The Hall–Kier alpha value is -0.810. The zero-order valence-corrected chi connectivity index (χ0v) is 8.29. The van der Waals surface area contributed by atoms with E-state index in [0.717, 1.165) is 19.3 Å². The number of nitro groups is 1. The maximum atomic E-state index is 12.6. The van der Waals surface area contributed by atoms with Crippen LogP contribution in [0.2, 0.25) is 0 Å². The van der Waals surface area contributed by atoms with E-state index in [1.165, 1.54) is 0 Å². The largest absolute Gasteiger partial charge is 0.398 e. The third-order valence-electron chi connectivity index (χ3n) is 2.99. The van der Waals surface area contributed by atoms with E-state index in [-0.39, 0.29) is 0 Å². The van der Waals surface area contributed by atoms with Crippen molar-refractivity contribution in [3.05, 3.63) is 10.1 Å². The second-order valence-corrected chi connectivity index (χ2v) is 4.06. The molecule has 0 heterocycles. The van der Waals surface area contributed by atoms with Crippen molar-refractivity contribution in [1.82, 2.24) is 0 Å². The first-order chi connectivity index (χ1) is 6.91. The molecule has 3 nitrogen and oxygen atoms in total. The molecule has 0 aliphatic heterocycles. The van der Waals surface area contributed by atoms with Gasteiger partial charge in [-0.1, -0.05) is 19.3 Å². The van der Waals surface area contributed by atoms with Gasteiger partial charge in [0.25, 0.3) is 0 Å². The van der Waals surface area contributed by atoms with Crippen molar-refractivity contribution in [2.24, 2.45) is 11.8 Å². The molecule has 0 aromatic heterocycles. The Balaban J connectivity index is 2.66. The van der Waals surface area contributed by atoms with Crippen LogP contribution in [0.15, 0.2) is 0 Å². The lowest BCUT2D eigenvalue weighted by Crippen LogP contribution is -2.36. The summed E-state index contributed by atoms with van der Waals surface area (Å²) in [5.41, 5.74) is 0. The van der Waals surface area contributed by atoms with Crippen molar-refractivity contribution in [2.45, 2.75) is 38.3 Å². The molecule has 1 aliphatic rings. The van der Waals surface area contributed by atoms with E-state index < -0.39 is 29.5 Å². The quantitative estimate of drug-likeness (QED) is 0.547. The molecule has 0 aromatic rings. The number of halogens is 3. The predicted molar refractivity (Wildman–Crippen MR) is 48.0 cm³/mol. The first-order valence-corrected chi connectivity index (χ1v) is 5.10. The summed E-state index contributed by atoms with van der Waals surface area (Å²) >= 11 is 0. The molecular formula is C9H14F3NO2.